The van der Waals surface area contributed by atoms with Crippen LogP contribution in [0.25, 0.3) is 0 Å². The van der Waals surface area contributed by atoms with Crippen molar-refractivity contribution >= 4 is 23.2 Å². The molecule has 0 atom stereocenters. The van der Waals surface area contributed by atoms with Crippen LogP contribution in [0.1, 0.15) is 11.1 Å². The van der Waals surface area contributed by atoms with E-state index in [4.69, 9.17) is 11.6 Å². The molecule has 0 aliphatic carbocycles. The van der Waals surface area contributed by atoms with Crippen molar-refractivity contribution in [2.24, 2.45) is 0 Å². The average molecular weight is 337 g/mol. The summed E-state index contributed by atoms with van der Waals surface area (Å²) in [5.74, 6) is -0.641. The molecule has 7 heteroatoms. The number of hydrogen-bond donors (Lipinski definition) is 0. The van der Waals surface area contributed by atoms with Crippen molar-refractivity contribution in [3.8, 4) is 0 Å². The van der Waals surface area contributed by atoms with Crippen LogP contribution in [0.15, 0.2) is 42.5 Å². The molecule has 0 aliphatic heterocycles. The van der Waals surface area contributed by atoms with Crippen LogP contribution in [0.5, 0.6) is 0 Å². The molecular formula is C16H14ClFN2O3. The van der Waals surface area contributed by atoms with Gasteiger partial charge in [0.25, 0.3) is 5.69 Å². The van der Waals surface area contributed by atoms with Crippen molar-refractivity contribution in [1.82, 2.24) is 4.90 Å². The van der Waals surface area contributed by atoms with Gasteiger partial charge in [0.2, 0.25) is 5.91 Å². The number of carbonyl (C=O) groups is 1. The molecule has 0 aromatic heterocycles. The van der Waals surface area contributed by atoms with Gasteiger partial charge in [-0.2, -0.15) is 0 Å². The van der Waals surface area contributed by atoms with E-state index < -0.39 is 10.7 Å². The summed E-state index contributed by atoms with van der Waals surface area (Å²) in [5, 5.41) is 11.2. The first kappa shape index (κ1) is 16.9. The van der Waals surface area contributed by atoms with Crippen molar-refractivity contribution in [1.29, 1.82) is 0 Å². The van der Waals surface area contributed by atoms with Gasteiger partial charge in [0.05, 0.1) is 11.3 Å². The van der Waals surface area contributed by atoms with E-state index in [-0.39, 0.29) is 24.6 Å². The third-order valence-electron chi connectivity index (χ3n) is 3.32. The monoisotopic (exact) mass is 336 g/mol. The maximum Gasteiger partial charge on any atom is 0.269 e. The Morgan fingerprint density at radius 2 is 2.04 bits per heavy atom. The molecule has 2 aromatic rings. The lowest BCUT2D eigenvalue weighted by atomic mass is 10.1. The summed E-state index contributed by atoms with van der Waals surface area (Å²) >= 11 is 6.02. The molecule has 0 saturated carbocycles. The Bertz CT molecular complexity index is 752. The van der Waals surface area contributed by atoms with Gasteiger partial charge >= 0.3 is 0 Å². The highest BCUT2D eigenvalue weighted by Gasteiger charge is 2.15. The van der Waals surface area contributed by atoms with Gasteiger partial charge in [-0.25, -0.2) is 4.39 Å². The van der Waals surface area contributed by atoms with Gasteiger partial charge in [-0.3, -0.25) is 14.9 Å². The Morgan fingerprint density at radius 1 is 1.30 bits per heavy atom. The van der Waals surface area contributed by atoms with Crippen LogP contribution in [0, 0.1) is 15.9 Å². The summed E-state index contributed by atoms with van der Waals surface area (Å²) in [6.45, 7) is 0.134. The van der Waals surface area contributed by atoms with Crippen molar-refractivity contribution in [3.63, 3.8) is 0 Å². The third kappa shape index (κ3) is 4.50. The number of amides is 1. The maximum absolute atomic E-state index is 13.1. The predicted octanol–water partition coefficient (Wildman–Crippen LogP) is 3.59. The SMILES string of the molecule is CN(Cc1cc([N+](=O)[O-])ccc1Cl)C(=O)Cc1cccc(F)c1. The van der Waals surface area contributed by atoms with E-state index in [1.165, 1.54) is 41.3 Å². The number of halogens is 2. The predicted molar refractivity (Wildman–Crippen MR) is 84.7 cm³/mol. The molecule has 1 amide bonds. The molecule has 2 rings (SSSR count). The molecule has 0 bridgehead atoms. The Morgan fingerprint density at radius 3 is 2.70 bits per heavy atom. The number of nitro benzene ring substituents is 1. The number of nitrogens with zero attached hydrogens (tertiary/aromatic N) is 2. The fraction of sp³-hybridized carbons (Fsp3) is 0.188. The summed E-state index contributed by atoms with van der Waals surface area (Å²) in [4.78, 5) is 23.9. The summed E-state index contributed by atoms with van der Waals surface area (Å²) in [7, 11) is 1.57. The highest BCUT2D eigenvalue weighted by atomic mass is 35.5. The quantitative estimate of drug-likeness (QED) is 0.619. The number of nitro groups is 1. The van der Waals surface area contributed by atoms with Gasteiger partial charge in [0, 0.05) is 30.7 Å². The number of likely N-dealkylation sites (N-methyl/N-ethyl adjacent to an activating group) is 1. The molecule has 0 saturated heterocycles. The van der Waals surface area contributed by atoms with E-state index in [9.17, 15) is 19.3 Å². The smallest absolute Gasteiger partial charge is 0.269 e. The highest BCUT2D eigenvalue weighted by Crippen LogP contribution is 2.23. The van der Waals surface area contributed by atoms with Crippen LogP contribution in [-0.2, 0) is 17.8 Å². The van der Waals surface area contributed by atoms with Crippen LogP contribution in [0.3, 0.4) is 0 Å². The van der Waals surface area contributed by atoms with E-state index >= 15 is 0 Å². The van der Waals surface area contributed by atoms with E-state index in [2.05, 4.69) is 0 Å². The lowest BCUT2D eigenvalue weighted by Gasteiger charge is -2.18. The zero-order chi connectivity index (χ0) is 17.0. The largest absolute Gasteiger partial charge is 0.341 e. The van der Waals surface area contributed by atoms with Crippen molar-refractivity contribution in [2.75, 3.05) is 7.05 Å². The van der Waals surface area contributed by atoms with Gasteiger partial charge in [-0.1, -0.05) is 23.7 Å². The summed E-state index contributed by atoms with van der Waals surface area (Å²) < 4.78 is 13.1. The van der Waals surface area contributed by atoms with Crippen LogP contribution >= 0.6 is 11.6 Å². The second kappa shape index (κ2) is 7.19. The zero-order valence-corrected chi connectivity index (χ0v) is 13.1. The molecule has 5 nitrogen and oxygen atoms in total. The lowest BCUT2D eigenvalue weighted by Crippen LogP contribution is -2.27. The van der Waals surface area contributed by atoms with Crippen LogP contribution in [-0.4, -0.2) is 22.8 Å². The Balaban J connectivity index is 2.09. The van der Waals surface area contributed by atoms with Crippen LogP contribution in [0.2, 0.25) is 5.02 Å². The molecule has 0 aliphatic rings. The Labute approximate surface area is 137 Å². The van der Waals surface area contributed by atoms with Gasteiger partial charge in [-0.15, -0.1) is 0 Å². The summed E-state index contributed by atoms with van der Waals surface area (Å²) in [5.41, 5.74) is 0.957. The molecule has 0 spiro atoms. The van der Waals surface area contributed by atoms with Gasteiger partial charge in [-0.05, 0) is 29.3 Å². The van der Waals surface area contributed by atoms with Crippen molar-refractivity contribution in [3.05, 3.63) is 74.5 Å². The van der Waals surface area contributed by atoms with E-state index in [0.717, 1.165) is 0 Å². The van der Waals surface area contributed by atoms with E-state index in [0.29, 0.717) is 16.1 Å². The number of hydrogen-bond acceptors (Lipinski definition) is 3. The first-order chi connectivity index (χ1) is 10.9. The number of non-ortho nitro benzene ring substituents is 1. The number of rotatable bonds is 5. The normalized spacial score (nSPS) is 10.4. The molecule has 0 radical (unpaired) electrons. The zero-order valence-electron chi connectivity index (χ0n) is 12.3. The molecule has 120 valence electrons. The second-order valence-corrected chi connectivity index (χ2v) is 5.50. The maximum atomic E-state index is 13.1. The topological polar surface area (TPSA) is 63.4 Å². The fourth-order valence-corrected chi connectivity index (χ4v) is 2.27. The van der Waals surface area contributed by atoms with Crippen molar-refractivity contribution in [2.45, 2.75) is 13.0 Å². The van der Waals surface area contributed by atoms with Gasteiger partial charge < -0.3 is 4.90 Å². The minimum Gasteiger partial charge on any atom is -0.341 e. The Kier molecular flexibility index (Phi) is 5.28. The molecular weight excluding hydrogens is 323 g/mol. The fourth-order valence-electron chi connectivity index (χ4n) is 2.10. The lowest BCUT2D eigenvalue weighted by molar-refractivity contribution is -0.384. The molecule has 0 fully saturated rings. The minimum atomic E-state index is -0.519. The highest BCUT2D eigenvalue weighted by molar-refractivity contribution is 6.31. The molecule has 0 N–H and O–H groups in total. The van der Waals surface area contributed by atoms with Gasteiger partial charge in [0.15, 0.2) is 0 Å². The first-order valence-corrected chi connectivity index (χ1v) is 7.16. The Hall–Kier alpha value is -2.47. The number of benzene rings is 2. The summed E-state index contributed by atoms with van der Waals surface area (Å²) in [6, 6.07) is 9.88. The van der Waals surface area contributed by atoms with Gasteiger partial charge in [0.1, 0.15) is 5.82 Å². The molecule has 2 aromatic carbocycles. The van der Waals surface area contributed by atoms with Crippen molar-refractivity contribution < 1.29 is 14.1 Å². The standard InChI is InChI=1S/C16H14ClFN2O3/c1-19(16(21)8-11-3-2-4-13(18)7-11)10-12-9-14(20(22)23)5-6-15(12)17/h2-7,9H,8,10H2,1H3. The number of carbonyl (C=O) groups excluding carboxylic acids is 1. The van der Waals surface area contributed by atoms with Crippen LogP contribution in [0.4, 0.5) is 10.1 Å². The average Bonchev–Trinajstić information content (AvgIpc) is 2.49. The second-order valence-electron chi connectivity index (χ2n) is 5.09. The van der Waals surface area contributed by atoms with E-state index in [1.807, 2.05) is 0 Å². The minimum absolute atomic E-state index is 0.0425. The van der Waals surface area contributed by atoms with Crippen LogP contribution < -0.4 is 0 Å². The van der Waals surface area contributed by atoms with E-state index in [1.54, 1.807) is 13.1 Å². The molecule has 0 unspecified atom stereocenters. The summed E-state index contributed by atoms with van der Waals surface area (Å²) in [6.07, 6.45) is 0.0425. The third-order valence-corrected chi connectivity index (χ3v) is 3.69. The molecule has 0 heterocycles. The molecule has 23 heavy (non-hydrogen) atoms. The first-order valence-electron chi connectivity index (χ1n) is 6.78.